The van der Waals surface area contributed by atoms with Crippen LogP contribution in [-0.4, -0.2) is 31.7 Å². The summed E-state index contributed by atoms with van der Waals surface area (Å²) < 4.78 is 14.7. The normalized spacial score (nSPS) is 13.5. The highest BCUT2D eigenvalue weighted by Crippen LogP contribution is 2.24. The Balaban J connectivity index is 1.83. The molecule has 0 atom stereocenters. The molecule has 0 radical (unpaired) electrons. The summed E-state index contributed by atoms with van der Waals surface area (Å²) in [5.74, 6) is -1.35. The Morgan fingerprint density at radius 2 is 2.05 bits per heavy atom. The summed E-state index contributed by atoms with van der Waals surface area (Å²) in [6, 6.07) is 4.61. The van der Waals surface area contributed by atoms with Crippen molar-refractivity contribution in [3.63, 3.8) is 0 Å². The molecule has 0 aliphatic carbocycles. The molecular formula is C13H11Cl2NO5. The number of nitrogens with one attached hydrogen (secondary N) is 1. The molecular weight excluding hydrogens is 321 g/mol. The Bertz CT molecular complexity index is 588. The van der Waals surface area contributed by atoms with Gasteiger partial charge in [-0.1, -0.05) is 23.2 Å². The average molecular weight is 332 g/mol. The van der Waals surface area contributed by atoms with Gasteiger partial charge in [-0.2, -0.15) is 0 Å². The molecule has 112 valence electrons. The number of anilines is 1. The molecule has 0 saturated heterocycles. The zero-order chi connectivity index (χ0) is 15.2. The highest BCUT2D eigenvalue weighted by molar-refractivity contribution is 6.42. The summed E-state index contributed by atoms with van der Waals surface area (Å²) in [4.78, 5) is 23.2. The standard InChI is InChI=1S/C13H11Cl2NO5/c14-9-2-1-8(5-10(9)15)16-12(17)7-21-13(18)11-6-19-3-4-20-11/h1-2,5-6H,3-4,7H2,(H,16,17). The van der Waals surface area contributed by atoms with Crippen LogP contribution in [0.15, 0.2) is 30.2 Å². The van der Waals surface area contributed by atoms with Gasteiger partial charge in [0.1, 0.15) is 19.5 Å². The SMILES string of the molecule is O=C(COC(=O)C1=COCCO1)Nc1ccc(Cl)c(Cl)c1. The van der Waals surface area contributed by atoms with Gasteiger partial charge in [0.15, 0.2) is 6.61 Å². The first-order chi connectivity index (χ1) is 10.1. The van der Waals surface area contributed by atoms with Crippen LogP contribution in [0.2, 0.25) is 10.0 Å². The fourth-order valence-electron chi connectivity index (χ4n) is 1.45. The van der Waals surface area contributed by atoms with Crippen molar-refractivity contribution in [1.82, 2.24) is 0 Å². The second-order valence-electron chi connectivity index (χ2n) is 3.95. The maximum Gasteiger partial charge on any atom is 0.377 e. The summed E-state index contributed by atoms with van der Waals surface area (Å²) in [6.45, 7) is 0.171. The number of ether oxygens (including phenoxy) is 3. The molecule has 0 unspecified atom stereocenters. The van der Waals surface area contributed by atoms with Crippen LogP contribution in [0.25, 0.3) is 0 Å². The number of halogens is 2. The molecule has 0 fully saturated rings. The van der Waals surface area contributed by atoms with Crippen LogP contribution < -0.4 is 5.32 Å². The van der Waals surface area contributed by atoms with Gasteiger partial charge >= 0.3 is 5.97 Å². The van der Waals surface area contributed by atoms with Crippen LogP contribution in [0, 0.1) is 0 Å². The fraction of sp³-hybridized carbons (Fsp3) is 0.231. The third kappa shape index (κ3) is 4.54. The topological polar surface area (TPSA) is 73.9 Å². The maximum atomic E-state index is 11.6. The maximum absolute atomic E-state index is 11.6. The van der Waals surface area contributed by atoms with E-state index in [0.29, 0.717) is 22.3 Å². The zero-order valence-electron chi connectivity index (χ0n) is 10.7. The summed E-state index contributed by atoms with van der Waals surface area (Å²) in [5, 5.41) is 3.20. The lowest BCUT2D eigenvalue weighted by Crippen LogP contribution is -2.23. The number of hydrogen-bond donors (Lipinski definition) is 1. The van der Waals surface area contributed by atoms with Gasteiger partial charge in [-0.25, -0.2) is 4.79 Å². The van der Waals surface area contributed by atoms with Crippen molar-refractivity contribution in [3.8, 4) is 0 Å². The summed E-state index contributed by atoms with van der Waals surface area (Å²) in [5.41, 5.74) is 0.446. The molecule has 0 spiro atoms. The number of hydrogen-bond acceptors (Lipinski definition) is 5. The molecule has 1 N–H and O–H groups in total. The molecule has 8 heteroatoms. The Morgan fingerprint density at radius 1 is 1.24 bits per heavy atom. The molecule has 1 aromatic carbocycles. The van der Waals surface area contributed by atoms with Crippen LogP contribution in [0.1, 0.15) is 0 Å². The predicted octanol–water partition coefficient (Wildman–Crippen LogP) is 2.36. The molecule has 0 saturated carbocycles. The molecule has 6 nitrogen and oxygen atoms in total. The van der Waals surface area contributed by atoms with E-state index in [-0.39, 0.29) is 12.4 Å². The van der Waals surface area contributed by atoms with E-state index < -0.39 is 18.5 Å². The minimum Gasteiger partial charge on any atom is -0.493 e. The third-order valence-corrected chi connectivity index (χ3v) is 3.13. The number of carbonyl (C=O) groups excluding carboxylic acids is 2. The van der Waals surface area contributed by atoms with E-state index >= 15 is 0 Å². The lowest BCUT2D eigenvalue weighted by molar-refractivity contribution is -0.148. The molecule has 0 aromatic heterocycles. The Hall–Kier alpha value is -1.92. The second kappa shape index (κ2) is 7.19. The minimum atomic E-state index is -0.765. The van der Waals surface area contributed by atoms with E-state index in [1.54, 1.807) is 12.1 Å². The third-order valence-electron chi connectivity index (χ3n) is 2.39. The summed E-state index contributed by atoms with van der Waals surface area (Å²) in [7, 11) is 0. The van der Waals surface area contributed by atoms with E-state index in [4.69, 9.17) is 37.4 Å². The highest BCUT2D eigenvalue weighted by atomic mass is 35.5. The lowest BCUT2D eigenvalue weighted by atomic mass is 10.3. The van der Waals surface area contributed by atoms with Gasteiger partial charge in [0.25, 0.3) is 5.91 Å². The molecule has 1 aliphatic rings. The average Bonchev–Trinajstić information content (AvgIpc) is 2.49. The number of carbonyl (C=O) groups is 2. The van der Waals surface area contributed by atoms with Crippen molar-refractivity contribution < 1.29 is 23.8 Å². The first-order valence-electron chi connectivity index (χ1n) is 5.93. The summed E-state index contributed by atoms with van der Waals surface area (Å²) in [6.07, 6.45) is 1.16. The van der Waals surface area contributed by atoms with E-state index in [9.17, 15) is 9.59 Å². The summed E-state index contributed by atoms with van der Waals surface area (Å²) >= 11 is 11.6. The van der Waals surface area contributed by atoms with Crippen molar-refractivity contribution >= 4 is 40.8 Å². The van der Waals surface area contributed by atoms with E-state index in [1.807, 2.05) is 0 Å². The van der Waals surface area contributed by atoms with Crippen LogP contribution in [0.4, 0.5) is 5.69 Å². The first-order valence-corrected chi connectivity index (χ1v) is 6.68. The van der Waals surface area contributed by atoms with E-state index in [2.05, 4.69) is 5.32 Å². The molecule has 1 aliphatic heterocycles. The van der Waals surface area contributed by atoms with Crippen LogP contribution in [0.3, 0.4) is 0 Å². The smallest absolute Gasteiger partial charge is 0.377 e. The van der Waals surface area contributed by atoms with Crippen molar-refractivity contribution in [2.24, 2.45) is 0 Å². The van der Waals surface area contributed by atoms with E-state index in [1.165, 1.54) is 6.07 Å². The van der Waals surface area contributed by atoms with Crippen molar-refractivity contribution in [3.05, 3.63) is 40.3 Å². The molecule has 1 heterocycles. The van der Waals surface area contributed by atoms with E-state index in [0.717, 1.165) is 6.26 Å². The second-order valence-corrected chi connectivity index (χ2v) is 4.77. The minimum absolute atomic E-state index is 0.0661. The van der Waals surface area contributed by atoms with Gasteiger partial charge in [-0.15, -0.1) is 0 Å². The van der Waals surface area contributed by atoms with Gasteiger partial charge in [0, 0.05) is 5.69 Å². The van der Waals surface area contributed by atoms with Crippen molar-refractivity contribution in [1.29, 1.82) is 0 Å². The fourth-order valence-corrected chi connectivity index (χ4v) is 1.75. The molecule has 1 aromatic rings. The highest BCUT2D eigenvalue weighted by Gasteiger charge is 2.18. The largest absolute Gasteiger partial charge is 0.493 e. The van der Waals surface area contributed by atoms with Gasteiger partial charge in [0.2, 0.25) is 5.76 Å². The number of amides is 1. The van der Waals surface area contributed by atoms with Gasteiger partial charge in [0.05, 0.1) is 10.0 Å². The Morgan fingerprint density at radius 3 is 2.71 bits per heavy atom. The first kappa shape index (κ1) is 15.5. The van der Waals surface area contributed by atoms with Crippen LogP contribution >= 0.6 is 23.2 Å². The number of rotatable bonds is 4. The number of benzene rings is 1. The van der Waals surface area contributed by atoms with Crippen molar-refractivity contribution in [2.75, 3.05) is 25.1 Å². The monoisotopic (exact) mass is 331 g/mol. The quantitative estimate of drug-likeness (QED) is 0.857. The van der Waals surface area contributed by atoms with Gasteiger partial charge in [-0.3, -0.25) is 4.79 Å². The Kier molecular flexibility index (Phi) is 5.30. The molecule has 1 amide bonds. The van der Waals surface area contributed by atoms with Crippen LogP contribution in [0.5, 0.6) is 0 Å². The lowest BCUT2D eigenvalue weighted by Gasteiger charge is -2.14. The molecule has 0 bridgehead atoms. The Labute approximate surface area is 130 Å². The molecule has 2 rings (SSSR count). The predicted molar refractivity (Wildman–Crippen MR) is 76.0 cm³/mol. The van der Waals surface area contributed by atoms with Gasteiger partial charge in [-0.05, 0) is 18.2 Å². The van der Waals surface area contributed by atoms with Crippen molar-refractivity contribution in [2.45, 2.75) is 0 Å². The molecule has 21 heavy (non-hydrogen) atoms. The number of esters is 1. The van der Waals surface area contributed by atoms with Gasteiger partial charge < -0.3 is 19.5 Å². The van der Waals surface area contributed by atoms with Crippen LogP contribution in [-0.2, 0) is 23.8 Å². The zero-order valence-corrected chi connectivity index (χ0v) is 12.2.